The van der Waals surface area contributed by atoms with E-state index in [4.69, 9.17) is 11.6 Å². The minimum absolute atomic E-state index is 0.807. The Morgan fingerprint density at radius 3 is 2.58 bits per heavy atom. The van der Waals surface area contributed by atoms with Crippen LogP contribution in [0.25, 0.3) is 0 Å². The van der Waals surface area contributed by atoms with Crippen molar-refractivity contribution in [3.63, 3.8) is 0 Å². The fourth-order valence-corrected chi connectivity index (χ4v) is 3.08. The van der Waals surface area contributed by atoms with Gasteiger partial charge in [0, 0.05) is 5.88 Å². The van der Waals surface area contributed by atoms with Crippen LogP contribution >= 0.6 is 23.4 Å². The molecule has 1 aliphatic carbocycles. The first-order chi connectivity index (χ1) is 5.88. The topological polar surface area (TPSA) is 0 Å². The Balaban J connectivity index is 2.22. The molecule has 1 rings (SSSR count). The van der Waals surface area contributed by atoms with E-state index in [0.29, 0.717) is 0 Å². The summed E-state index contributed by atoms with van der Waals surface area (Å²) >= 11 is 7.92. The van der Waals surface area contributed by atoms with Crippen molar-refractivity contribution in [2.75, 3.05) is 17.9 Å². The third-order valence-corrected chi connectivity index (χ3v) is 4.00. The van der Waals surface area contributed by atoms with E-state index in [-0.39, 0.29) is 0 Å². The molecule has 1 atom stereocenters. The predicted molar refractivity (Wildman–Crippen MR) is 59.2 cm³/mol. The minimum Gasteiger partial charge on any atom is -0.165 e. The van der Waals surface area contributed by atoms with E-state index >= 15 is 0 Å². The summed E-state index contributed by atoms with van der Waals surface area (Å²) in [6, 6.07) is 0. The Labute approximate surface area is 85.4 Å². The highest BCUT2D eigenvalue weighted by molar-refractivity contribution is 7.98. The Morgan fingerprint density at radius 2 is 2.08 bits per heavy atom. The molecular formula is C10H19ClS. The van der Waals surface area contributed by atoms with Gasteiger partial charge in [0.25, 0.3) is 0 Å². The lowest BCUT2D eigenvalue weighted by atomic mass is 9.90. The lowest BCUT2D eigenvalue weighted by Gasteiger charge is -2.20. The van der Waals surface area contributed by atoms with Crippen LogP contribution < -0.4 is 0 Å². The van der Waals surface area contributed by atoms with Crippen molar-refractivity contribution in [2.24, 2.45) is 11.8 Å². The standard InChI is InChI=1S/C10H19ClS/c1-12-7-6-10(8-11)9-4-2-3-5-9/h9-10H,2-8H2,1H3. The number of hydrogen-bond acceptors (Lipinski definition) is 1. The zero-order valence-corrected chi connectivity index (χ0v) is 9.46. The molecule has 0 nitrogen and oxygen atoms in total. The molecule has 2 heteroatoms. The van der Waals surface area contributed by atoms with E-state index < -0.39 is 0 Å². The van der Waals surface area contributed by atoms with Crippen molar-refractivity contribution in [1.29, 1.82) is 0 Å². The van der Waals surface area contributed by atoms with Gasteiger partial charge in [-0.3, -0.25) is 0 Å². The first-order valence-electron chi connectivity index (χ1n) is 4.93. The summed E-state index contributed by atoms with van der Waals surface area (Å²) in [5.74, 6) is 3.93. The van der Waals surface area contributed by atoms with Gasteiger partial charge < -0.3 is 0 Å². The van der Waals surface area contributed by atoms with Crippen LogP contribution in [0.3, 0.4) is 0 Å². The van der Waals surface area contributed by atoms with Crippen molar-refractivity contribution < 1.29 is 0 Å². The highest BCUT2D eigenvalue weighted by atomic mass is 35.5. The summed E-state index contributed by atoms with van der Waals surface area (Å²) in [5, 5.41) is 0. The van der Waals surface area contributed by atoms with Gasteiger partial charge in [0.2, 0.25) is 0 Å². The average molecular weight is 207 g/mol. The zero-order valence-electron chi connectivity index (χ0n) is 7.89. The van der Waals surface area contributed by atoms with Crippen LogP contribution in [-0.4, -0.2) is 17.9 Å². The monoisotopic (exact) mass is 206 g/mol. The Hall–Kier alpha value is 0.640. The van der Waals surface area contributed by atoms with Gasteiger partial charge in [-0.05, 0) is 30.3 Å². The molecule has 1 aliphatic rings. The quantitative estimate of drug-likeness (QED) is 0.617. The minimum atomic E-state index is 0.807. The molecule has 0 aromatic rings. The summed E-state index contributed by atoms with van der Waals surface area (Å²) < 4.78 is 0. The van der Waals surface area contributed by atoms with Crippen molar-refractivity contribution in [1.82, 2.24) is 0 Å². The van der Waals surface area contributed by atoms with Gasteiger partial charge in [0.05, 0.1) is 0 Å². The maximum Gasteiger partial charge on any atom is 0.0254 e. The van der Waals surface area contributed by atoms with Crippen LogP contribution in [0.4, 0.5) is 0 Å². The first-order valence-corrected chi connectivity index (χ1v) is 6.86. The predicted octanol–water partition coefficient (Wildman–Crippen LogP) is 3.78. The van der Waals surface area contributed by atoms with Crippen molar-refractivity contribution >= 4 is 23.4 Å². The molecular weight excluding hydrogens is 188 g/mol. The molecule has 12 heavy (non-hydrogen) atoms. The Bertz CT molecular complexity index is 110. The first kappa shape index (κ1) is 10.7. The summed E-state index contributed by atoms with van der Waals surface area (Å²) in [7, 11) is 0. The normalized spacial score (nSPS) is 21.5. The highest BCUT2D eigenvalue weighted by Gasteiger charge is 2.23. The van der Waals surface area contributed by atoms with E-state index in [1.54, 1.807) is 0 Å². The average Bonchev–Trinajstić information content (AvgIpc) is 2.59. The maximum absolute atomic E-state index is 5.97. The smallest absolute Gasteiger partial charge is 0.0254 e. The van der Waals surface area contributed by atoms with E-state index in [2.05, 4.69) is 6.26 Å². The lowest BCUT2D eigenvalue weighted by Crippen LogP contribution is -2.14. The van der Waals surface area contributed by atoms with E-state index in [1.165, 1.54) is 37.9 Å². The van der Waals surface area contributed by atoms with Crippen LogP contribution in [0.15, 0.2) is 0 Å². The van der Waals surface area contributed by atoms with Gasteiger partial charge in [-0.2, -0.15) is 11.8 Å². The van der Waals surface area contributed by atoms with E-state index in [0.717, 1.165) is 17.7 Å². The van der Waals surface area contributed by atoms with Crippen LogP contribution in [0.1, 0.15) is 32.1 Å². The van der Waals surface area contributed by atoms with Crippen LogP contribution in [0.2, 0.25) is 0 Å². The molecule has 0 radical (unpaired) electrons. The summed E-state index contributed by atoms with van der Waals surface area (Å²) in [6.45, 7) is 0. The van der Waals surface area contributed by atoms with Crippen LogP contribution in [-0.2, 0) is 0 Å². The summed E-state index contributed by atoms with van der Waals surface area (Å²) in [6.07, 6.45) is 9.27. The maximum atomic E-state index is 5.97. The lowest BCUT2D eigenvalue weighted by molar-refractivity contribution is 0.364. The van der Waals surface area contributed by atoms with Crippen LogP contribution in [0.5, 0.6) is 0 Å². The highest BCUT2D eigenvalue weighted by Crippen LogP contribution is 2.34. The van der Waals surface area contributed by atoms with Gasteiger partial charge in [0.1, 0.15) is 0 Å². The molecule has 0 aromatic heterocycles. The number of alkyl halides is 1. The number of thioether (sulfide) groups is 1. The second-order valence-electron chi connectivity index (χ2n) is 3.74. The fourth-order valence-electron chi connectivity index (χ4n) is 2.14. The molecule has 0 amide bonds. The molecule has 1 unspecified atom stereocenters. The zero-order chi connectivity index (χ0) is 8.81. The van der Waals surface area contributed by atoms with E-state index in [9.17, 15) is 0 Å². The van der Waals surface area contributed by atoms with Gasteiger partial charge >= 0.3 is 0 Å². The molecule has 0 heterocycles. The molecule has 0 bridgehead atoms. The molecule has 0 spiro atoms. The van der Waals surface area contributed by atoms with E-state index in [1.807, 2.05) is 11.8 Å². The summed E-state index contributed by atoms with van der Waals surface area (Å²) in [5.41, 5.74) is 0. The van der Waals surface area contributed by atoms with Crippen molar-refractivity contribution in [3.8, 4) is 0 Å². The molecule has 1 saturated carbocycles. The SMILES string of the molecule is CSCCC(CCl)C1CCCC1. The van der Waals surface area contributed by atoms with Gasteiger partial charge in [-0.25, -0.2) is 0 Å². The van der Waals surface area contributed by atoms with Gasteiger partial charge in [-0.15, -0.1) is 11.6 Å². The number of hydrogen-bond donors (Lipinski definition) is 0. The van der Waals surface area contributed by atoms with Crippen molar-refractivity contribution in [3.05, 3.63) is 0 Å². The van der Waals surface area contributed by atoms with Crippen molar-refractivity contribution in [2.45, 2.75) is 32.1 Å². The van der Waals surface area contributed by atoms with Crippen LogP contribution in [0, 0.1) is 11.8 Å². The molecule has 1 fully saturated rings. The molecule has 0 N–H and O–H groups in total. The number of halogens is 1. The molecule has 72 valence electrons. The third-order valence-electron chi connectivity index (χ3n) is 2.96. The fraction of sp³-hybridized carbons (Fsp3) is 1.00. The second-order valence-corrected chi connectivity index (χ2v) is 5.03. The Kier molecular flexibility index (Phi) is 5.49. The largest absolute Gasteiger partial charge is 0.165 e. The van der Waals surface area contributed by atoms with Gasteiger partial charge in [-0.1, -0.05) is 25.7 Å². The molecule has 0 aliphatic heterocycles. The Morgan fingerprint density at radius 1 is 1.42 bits per heavy atom. The number of rotatable bonds is 5. The molecule has 0 aromatic carbocycles. The second kappa shape index (κ2) is 6.15. The molecule has 0 saturated heterocycles. The summed E-state index contributed by atoms with van der Waals surface area (Å²) in [4.78, 5) is 0. The van der Waals surface area contributed by atoms with Gasteiger partial charge in [0.15, 0.2) is 0 Å². The third kappa shape index (κ3) is 3.18.